The van der Waals surface area contributed by atoms with Gasteiger partial charge in [0.05, 0.1) is 5.52 Å². The van der Waals surface area contributed by atoms with Crippen LogP contribution in [0.4, 0.5) is 0 Å². The second kappa shape index (κ2) is 9.73. The first-order valence-corrected chi connectivity index (χ1v) is 11.1. The third kappa shape index (κ3) is 4.82. The summed E-state index contributed by atoms with van der Waals surface area (Å²) >= 11 is 0. The Kier molecular flexibility index (Phi) is 6.58. The first kappa shape index (κ1) is 22.3. The minimum Gasteiger partial charge on any atom is -0.351 e. The zero-order valence-corrected chi connectivity index (χ0v) is 19.2. The van der Waals surface area contributed by atoms with Crippen molar-refractivity contribution in [1.29, 1.82) is 0 Å². The molecule has 1 unspecified atom stereocenters. The molecule has 1 N–H and O–H groups in total. The number of carbonyl (C=O) groups is 2. The maximum Gasteiger partial charge on any atom is 0.275 e. The summed E-state index contributed by atoms with van der Waals surface area (Å²) in [6.45, 7) is 0.460. The number of carbonyl (C=O) groups excluding carboxylic acids is 2. The smallest absolute Gasteiger partial charge is 0.275 e. The van der Waals surface area contributed by atoms with E-state index in [1.54, 1.807) is 20.2 Å². The fourth-order valence-electron chi connectivity index (χ4n) is 4.16. The van der Waals surface area contributed by atoms with E-state index >= 15 is 0 Å². The maximum atomic E-state index is 13.5. The zero-order valence-electron chi connectivity index (χ0n) is 19.2. The second-order valence-electron chi connectivity index (χ2n) is 8.30. The number of aryl methyl sites for hydroxylation is 2. The number of aromatic nitrogens is 3. The molecule has 170 valence electrons. The number of hydrogen-bond donors (Lipinski definition) is 1. The van der Waals surface area contributed by atoms with Crippen molar-refractivity contribution in [3.05, 3.63) is 89.9 Å². The van der Waals surface area contributed by atoms with Gasteiger partial charge in [0.1, 0.15) is 5.69 Å². The molecular weight excluding hydrogens is 414 g/mol. The van der Waals surface area contributed by atoms with Gasteiger partial charge >= 0.3 is 0 Å². The number of likely N-dealkylation sites (N-methyl/N-ethyl adjacent to an activating group) is 1. The molecule has 0 aliphatic heterocycles. The van der Waals surface area contributed by atoms with E-state index in [-0.39, 0.29) is 17.9 Å². The van der Waals surface area contributed by atoms with Crippen LogP contribution in [-0.2, 0) is 20.5 Å². The van der Waals surface area contributed by atoms with Crippen LogP contribution in [-0.4, -0.2) is 50.7 Å². The summed E-state index contributed by atoms with van der Waals surface area (Å²) < 4.78 is 3.53. The Bertz CT molecular complexity index is 1260. The van der Waals surface area contributed by atoms with Gasteiger partial charge in [-0.25, -0.2) is 0 Å². The quantitative estimate of drug-likeness (QED) is 0.454. The lowest BCUT2D eigenvalue weighted by Gasteiger charge is -2.28. The molecule has 0 aliphatic rings. The average Bonchev–Trinajstić information content (AvgIpc) is 3.41. The van der Waals surface area contributed by atoms with E-state index in [2.05, 4.69) is 22.5 Å². The molecule has 0 saturated carbocycles. The van der Waals surface area contributed by atoms with Gasteiger partial charge in [0, 0.05) is 45.3 Å². The van der Waals surface area contributed by atoms with E-state index in [0.717, 1.165) is 16.5 Å². The van der Waals surface area contributed by atoms with E-state index in [1.165, 1.54) is 0 Å². The lowest BCUT2D eigenvalue weighted by Crippen LogP contribution is -2.41. The summed E-state index contributed by atoms with van der Waals surface area (Å²) in [4.78, 5) is 27.8. The van der Waals surface area contributed by atoms with E-state index < -0.39 is 0 Å². The summed E-state index contributed by atoms with van der Waals surface area (Å²) in [5.41, 5.74) is 3.12. The van der Waals surface area contributed by atoms with Crippen LogP contribution in [0.3, 0.4) is 0 Å². The molecule has 7 nitrogen and oxygen atoms in total. The van der Waals surface area contributed by atoms with Gasteiger partial charge in [0.2, 0.25) is 0 Å². The number of rotatable bonds is 8. The Morgan fingerprint density at radius 1 is 1.00 bits per heavy atom. The molecule has 0 saturated heterocycles. The topological polar surface area (TPSA) is 72.2 Å². The number of amides is 2. The van der Waals surface area contributed by atoms with Crippen molar-refractivity contribution in [2.45, 2.75) is 18.9 Å². The van der Waals surface area contributed by atoms with E-state index in [4.69, 9.17) is 0 Å². The number of nitrogens with zero attached hydrogens (tertiary/aromatic N) is 4. The fraction of sp³-hybridized carbons (Fsp3) is 0.269. The van der Waals surface area contributed by atoms with Crippen molar-refractivity contribution in [1.82, 2.24) is 24.6 Å². The molecule has 7 heteroatoms. The van der Waals surface area contributed by atoms with Crippen LogP contribution in [0.5, 0.6) is 0 Å². The Morgan fingerprint density at radius 2 is 1.73 bits per heavy atom. The molecular formula is C26H29N5O2. The number of nitrogens with one attached hydrogen (secondary N) is 1. The molecule has 0 spiro atoms. The van der Waals surface area contributed by atoms with Crippen molar-refractivity contribution in [3.63, 3.8) is 0 Å². The van der Waals surface area contributed by atoms with Gasteiger partial charge in [0.25, 0.3) is 11.8 Å². The molecule has 0 radical (unpaired) electrons. The molecule has 4 aromatic rings. The lowest BCUT2D eigenvalue weighted by molar-refractivity contribution is 0.0718. The molecule has 2 aromatic carbocycles. The number of benzene rings is 2. The van der Waals surface area contributed by atoms with Gasteiger partial charge in [-0.05, 0) is 36.6 Å². The van der Waals surface area contributed by atoms with Gasteiger partial charge < -0.3 is 14.8 Å². The summed E-state index contributed by atoms with van der Waals surface area (Å²) in [5, 5.41) is 8.34. The summed E-state index contributed by atoms with van der Waals surface area (Å²) in [5.74, 6) is -0.243. The number of hydrogen-bond acceptors (Lipinski definition) is 3. The van der Waals surface area contributed by atoms with Crippen molar-refractivity contribution in [2.24, 2.45) is 14.1 Å². The minimum absolute atomic E-state index is 0.102. The Labute approximate surface area is 193 Å². The molecule has 0 bridgehead atoms. The van der Waals surface area contributed by atoms with Crippen molar-refractivity contribution < 1.29 is 9.59 Å². The molecule has 0 fully saturated rings. The van der Waals surface area contributed by atoms with Crippen LogP contribution in [0.25, 0.3) is 10.9 Å². The molecule has 2 heterocycles. The Hall–Kier alpha value is -3.87. The highest BCUT2D eigenvalue weighted by molar-refractivity contribution is 6.04. The van der Waals surface area contributed by atoms with Gasteiger partial charge in [-0.15, -0.1) is 0 Å². The number of fused-ring (bicyclic) bond motifs is 1. The Morgan fingerprint density at radius 3 is 2.45 bits per heavy atom. The second-order valence-corrected chi connectivity index (χ2v) is 8.30. The van der Waals surface area contributed by atoms with Crippen LogP contribution < -0.4 is 5.32 Å². The normalized spacial score (nSPS) is 12.0. The van der Waals surface area contributed by atoms with Crippen LogP contribution in [0, 0.1) is 0 Å². The third-order valence-corrected chi connectivity index (χ3v) is 6.08. The molecule has 4 rings (SSSR count). The highest BCUT2D eigenvalue weighted by Crippen LogP contribution is 2.21. The molecule has 1 atom stereocenters. The largest absolute Gasteiger partial charge is 0.351 e. The predicted octanol–water partition coefficient (Wildman–Crippen LogP) is 3.42. The van der Waals surface area contributed by atoms with E-state index in [1.807, 2.05) is 75.9 Å². The van der Waals surface area contributed by atoms with Crippen molar-refractivity contribution in [2.75, 3.05) is 13.6 Å². The van der Waals surface area contributed by atoms with Crippen molar-refractivity contribution in [3.8, 4) is 0 Å². The van der Waals surface area contributed by atoms with Crippen LogP contribution >= 0.6 is 0 Å². The highest BCUT2D eigenvalue weighted by Gasteiger charge is 2.25. The average molecular weight is 444 g/mol. The predicted molar refractivity (Wildman–Crippen MR) is 129 cm³/mol. The van der Waals surface area contributed by atoms with E-state index in [9.17, 15) is 9.59 Å². The standard InChI is InChI=1S/C26H29N5O2/c1-29-17-9-14-23(29)25(32)27-16-15-20(18-19-10-5-4-6-11-19)30(2)26(33)24-21-12-7-8-13-22(21)31(3)28-24/h4-14,17,20H,15-16,18H2,1-3H3,(H,27,32). The van der Waals surface area contributed by atoms with E-state index in [0.29, 0.717) is 30.8 Å². The summed E-state index contributed by atoms with van der Waals surface area (Å²) in [6, 6.07) is 21.4. The van der Waals surface area contributed by atoms with Gasteiger partial charge in [-0.3, -0.25) is 14.3 Å². The summed E-state index contributed by atoms with van der Waals surface area (Å²) in [7, 11) is 5.51. The number of para-hydroxylation sites is 1. The van der Waals surface area contributed by atoms with Crippen LogP contribution in [0.1, 0.15) is 33.0 Å². The third-order valence-electron chi connectivity index (χ3n) is 6.08. The molecule has 33 heavy (non-hydrogen) atoms. The van der Waals surface area contributed by atoms with Crippen LogP contribution in [0.2, 0.25) is 0 Å². The molecule has 2 amide bonds. The first-order valence-electron chi connectivity index (χ1n) is 11.1. The molecule has 0 aliphatic carbocycles. The zero-order chi connectivity index (χ0) is 23.4. The monoisotopic (exact) mass is 443 g/mol. The van der Waals surface area contributed by atoms with Gasteiger partial charge in [-0.1, -0.05) is 48.5 Å². The van der Waals surface area contributed by atoms with Gasteiger partial charge in [-0.2, -0.15) is 5.10 Å². The lowest BCUT2D eigenvalue weighted by atomic mass is 10.0. The van der Waals surface area contributed by atoms with Crippen molar-refractivity contribution >= 4 is 22.7 Å². The van der Waals surface area contributed by atoms with Crippen LogP contribution in [0.15, 0.2) is 72.9 Å². The first-order chi connectivity index (χ1) is 16.0. The Balaban J connectivity index is 1.52. The minimum atomic E-state index is -0.124. The molecule has 2 aromatic heterocycles. The highest BCUT2D eigenvalue weighted by atomic mass is 16.2. The fourth-order valence-corrected chi connectivity index (χ4v) is 4.16. The van der Waals surface area contributed by atoms with Gasteiger partial charge in [0.15, 0.2) is 5.69 Å². The summed E-state index contributed by atoms with van der Waals surface area (Å²) in [6.07, 6.45) is 3.16. The maximum absolute atomic E-state index is 13.5. The SMILES string of the molecule is CN(C(=O)c1nn(C)c2ccccc12)C(CCNC(=O)c1cccn1C)Cc1ccccc1.